The zero-order valence-corrected chi connectivity index (χ0v) is 11.3. The lowest BCUT2D eigenvalue weighted by Gasteiger charge is -2.17. The van der Waals surface area contributed by atoms with Crippen LogP contribution in [0.1, 0.15) is 24.7 Å². The zero-order chi connectivity index (χ0) is 13.0. The van der Waals surface area contributed by atoms with Crippen molar-refractivity contribution in [3.8, 4) is 0 Å². The summed E-state index contributed by atoms with van der Waals surface area (Å²) in [5.74, 6) is 0.672. The molecular formula is C13H21N3O2. The molecule has 5 nitrogen and oxygen atoms in total. The fraction of sp³-hybridized carbons (Fsp3) is 0.692. The van der Waals surface area contributed by atoms with E-state index in [1.165, 1.54) is 0 Å². The number of aryl methyl sites for hydroxylation is 2. The smallest absolute Gasteiger partial charge is 0.223 e. The maximum atomic E-state index is 5.75. The van der Waals surface area contributed by atoms with Crippen molar-refractivity contribution in [2.45, 2.75) is 39.3 Å². The number of ether oxygens (including phenoxy) is 2. The molecule has 1 fully saturated rings. The predicted molar refractivity (Wildman–Crippen MR) is 69.8 cm³/mol. The summed E-state index contributed by atoms with van der Waals surface area (Å²) >= 11 is 0. The van der Waals surface area contributed by atoms with Crippen LogP contribution >= 0.6 is 0 Å². The van der Waals surface area contributed by atoms with Gasteiger partial charge in [0.25, 0.3) is 0 Å². The number of hydrogen-bond acceptors (Lipinski definition) is 5. The molecule has 0 saturated carbocycles. The molecule has 1 N–H and O–H groups in total. The van der Waals surface area contributed by atoms with Gasteiger partial charge in [-0.15, -0.1) is 0 Å². The SMILES string of the molecule is Cc1cc(C)nc(NC(C)COC2CCOC2)n1. The Kier molecular flexibility index (Phi) is 4.49. The van der Waals surface area contributed by atoms with E-state index >= 15 is 0 Å². The summed E-state index contributed by atoms with van der Waals surface area (Å²) in [6.45, 7) is 8.18. The molecule has 1 aromatic rings. The third-order valence-electron chi connectivity index (χ3n) is 2.83. The van der Waals surface area contributed by atoms with Gasteiger partial charge in [0.2, 0.25) is 5.95 Å². The molecule has 0 amide bonds. The lowest BCUT2D eigenvalue weighted by atomic mass is 10.3. The number of rotatable bonds is 5. The first kappa shape index (κ1) is 13.2. The van der Waals surface area contributed by atoms with Crippen LogP contribution in [0.2, 0.25) is 0 Å². The van der Waals surface area contributed by atoms with E-state index in [0.717, 1.165) is 24.4 Å². The first-order valence-electron chi connectivity index (χ1n) is 6.41. The third-order valence-corrected chi connectivity index (χ3v) is 2.83. The molecule has 5 heteroatoms. The van der Waals surface area contributed by atoms with Gasteiger partial charge < -0.3 is 14.8 Å². The quantitative estimate of drug-likeness (QED) is 0.863. The fourth-order valence-corrected chi connectivity index (χ4v) is 1.98. The van der Waals surface area contributed by atoms with Crippen molar-refractivity contribution in [3.63, 3.8) is 0 Å². The summed E-state index contributed by atoms with van der Waals surface area (Å²) in [6.07, 6.45) is 1.24. The van der Waals surface area contributed by atoms with E-state index in [9.17, 15) is 0 Å². The Balaban J connectivity index is 1.80. The van der Waals surface area contributed by atoms with Crippen LogP contribution < -0.4 is 5.32 Å². The van der Waals surface area contributed by atoms with Crippen LogP contribution in [0.15, 0.2) is 6.07 Å². The monoisotopic (exact) mass is 251 g/mol. The van der Waals surface area contributed by atoms with E-state index in [1.54, 1.807) is 0 Å². The molecule has 2 unspecified atom stereocenters. The third kappa shape index (κ3) is 3.92. The van der Waals surface area contributed by atoms with E-state index < -0.39 is 0 Å². The molecule has 1 aliphatic heterocycles. The Bertz CT molecular complexity index is 372. The molecule has 2 rings (SSSR count). The highest BCUT2D eigenvalue weighted by atomic mass is 16.5. The second-order valence-corrected chi connectivity index (χ2v) is 4.84. The normalized spacial score (nSPS) is 20.9. The van der Waals surface area contributed by atoms with Gasteiger partial charge in [-0.3, -0.25) is 0 Å². The second-order valence-electron chi connectivity index (χ2n) is 4.84. The van der Waals surface area contributed by atoms with Crippen molar-refractivity contribution in [2.24, 2.45) is 0 Å². The molecule has 1 saturated heterocycles. The topological polar surface area (TPSA) is 56.3 Å². The second kappa shape index (κ2) is 6.11. The molecular weight excluding hydrogens is 230 g/mol. The largest absolute Gasteiger partial charge is 0.379 e. The Hall–Kier alpha value is -1.20. The van der Waals surface area contributed by atoms with Crippen LogP contribution in [0.5, 0.6) is 0 Å². The van der Waals surface area contributed by atoms with E-state index in [4.69, 9.17) is 9.47 Å². The van der Waals surface area contributed by atoms with Gasteiger partial charge >= 0.3 is 0 Å². The molecule has 18 heavy (non-hydrogen) atoms. The summed E-state index contributed by atoms with van der Waals surface area (Å²) in [7, 11) is 0. The average Bonchev–Trinajstić information content (AvgIpc) is 2.77. The van der Waals surface area contributed by atoms with Gasteiger partial charge in [-0.05, 0) is 33.3 Å². The van der Waals surface area contributed by atoms with E-state index in [-0.39, 0.29) is 12.1 Å². The van der Waals surface area contributed by atoms with Crippen molar-refractivity contribution in [3.05, 3.63) is 17.5 Å². The standard InChI is InChI=1S/C13H21N3O2/c1-9-6-10(2)15-13(14-9)16-11(3)7-18-12-4-5-17-8-12/h6,11-12H,4-5,7-8H2,1-3H3,(H,14,15,16). The van der Waals surface area contributed by atoms with Gasteiger partial charge in [0.05, 0.1) is 19.3 Å². The fourth-order valence-electron chi connectivity index (χ4n) is 1.98. The molecule has 1 aromatic heterocycles. The van der Waals surface area contributed by atoms with Crippen molar-refractivity contribution in [1.29, 1.82) is 0 Å². The summed E-state index contributed by atoms with van der Waals surface area (Å²) in [6, 6.07) is 2.15. The van der Waals surface area contributed by atoms with Crippen molar-refractivity contribution in [1.82, 2.24) is 9.97 Å². The maximum absolute atomic E-state index is 5.75. The lowest BCUT2D eigenvalue weighted by molar-refractivity contribution is 0.0394. The molecule has 1 aliphatic rings. The minimum Gasteiger partial charge on any atom is -0.379 e. The van der Waals surface area contributed by atoms with Crippen molar-refractivity contribution in [2.75, 3.05) is 25.1 Å². The first-order chi connectivity index (χ1) is 8.63. The number of nitrogens with one attached hydrogen (secondary N) is 1. The van der Waals surface area contributed by atoms with Crippen LogP contribution in [0.3, 0.4) is 0 Å². The van der Waals surface area contributed by atoms with Gasteiger partial charge in [0.15, 0.2) is 0 Å². The van der Waals surface area contributed by atoms with Crippen LogP contribution in [0, 0.1) is 13.8 Å². The number of nitrogens with zero attached hydrogens (tertiary/aromatic N) is 2. The molecule has 2 heterocycles. The van der Waals surface area contributed by atoms with Crippen LogP contribution in [0.4, 0.5) is 5.95 Å². The lowest BCUT2D eigenvalue weighted by Crippen LogP contribution is -2.26. The van der Waals surface area contributed by atoms with Crippen molar-refractivity contribution < 1.29 is 9.47 Å². The molecule has 0 bridgehead atoms. The highest BCUT2D eigenvalue weighted by Crippen LogP contribution is 2.10. The summed E-state index contributed by atoms with van der Waals surface area (Å²) in [5, 5.41) is 3.26. The summed E-state index contributed by atoms with van der Waals surface area (Å²) in [5.41, 5.74) is 1.95. The Morgan fingerprint density at radius 3 is 2.78 bits per heavy atom. The van der Waals surface area contributed by atoms with Gasteiger partial charge in [-0.25, -0.2) is 9.97 Å². The average molecular weight is 251 g/mol. The Morgan fingerprint density at radius 2 is 2.17 bits per heavy atom. The Morgan fingerprint density at radius 1 is 1.44 bits per heavy atom. The first-order valence-corrected chi connectivity index (χ1v) is 6.41. The summed E-state index contributed by atoms with van der Waals surface area (Å²) < 4.78 is 11.0. The minimum absolute atomic E-state index is 0.187. The van der Waals surface area contributed by atoms with Gasteiger partial charge in [-0.1, -0.05) is 0 Å². The predicted octanol–water partition coefficient (Wildman–Crippen LogP) is 1.70. The van der Waals surface area contributed by atoms with Crippen LogP contribution in [-0.2, 0) is 9.47 Å². The molecule has 2 atom stereocenters. The molecule has 0 radical (unpaired) electrons. The number of hydrogen-bond donors (Lipinski definition) is 1. The summed E-state index contributed by atoms with van der Waals surface area (Å²) in [4.78, 5) is 8.70. The highest BCUT2D eigenvalue weighted by Gasteiger charge is 2.17. The van der Waals surface area contributed by atoms with E-state index in [0.29, 0.717) is 19.2 Å². The molecule has 0 spiro atoms. The maximum Gasteiger partial charge on any atom is 0.223 e. The van der Waals surface area contributed by atoms with Crippen molar-refractivity contribution >= 4 is 5.95 Å². The van der Waals surface area contributed by atoms with Crippen LogP contribution in [-0.4, -0.2) is 41.9 Å². The molecule has 100 valence electrons. The van der Waals surface area contributed by atoms with E-state index in [1.807, 2.05) is 19.9 Å². The van der Waals surface area contributed by atoms with E-state index in [2.05, 4.69) is 22.2 Å². The van der Waals surface area contributed by atoms with Gasteiger partial charge in [-0.2, -0.15) is 0 Å². The minimum atomic E-state index is 0.187. The van der Waals surface area contributed by atoms with Gasteiger partial charge in [0, 0.05) is 24.0 Å². The molecule has 0 aliphatic carbocycles. The van der Waals surface area contributed by atoms with Crippen LogP contribution in [0.25, 0.3) is 0 Å². The number of anilines is 1. The number of aromatic nitrogens is 2. The zero-order valence-electron chi connectivity index (χ0n) is 11.3. The molecule has 0 aromatic carbocycles. The Labute approximate surface area is 108 Å². The van der Waals surface area contributed by atoms with Gasteiger partial charge in [0.1, 0.15) is 0 Å². The highest BCUT2D eigenvalue weighted by molar-refractivity contribution is 5.28.